The highest BCUT2D eigenvalue weighted by atomic mass is 35.5. The molecule has 0 saturated heterocycles. The van der Waals surface area contributed by atoms with Gasteiger partial charge < -0.3 is 5.32 Å². The molecule has 1 N–H and O–H groups in total. The van der Waals surface area contributed by atoms with Crippen LogP contribution in [0.1, 0.15) is 37.1 Å². The molecule has 4 aromatic rings. The predicted octanol–water partition coefficient (Wildman–Crippen LogP) is 6.37. The zero-order valence-corrected chi connectivity index (χ0v) is 19.0. The van der Waals surface area contributed by atoms with Gasteiger partial charge in [0.2, 0.25) is 0 Å². The van der Waals surface area contributed by atoms with Gasteiger partial charge >= 0.3 is 0 Å². The molecule has 7 heteroatoms. The summed E-state index contributed by atoms with van der Waals surface area (Å²) in [5.41, 5.74) is 4.21. The number of hydrogen-bond donors (Lipinski definition) is 1. The maximum atomic E-state index is 13.0. The summed E-state index contributed by atoms with van der Waals surface area (Å²) in [6, 6.07) is 21.0. The molecule has 1 atom stereocenters. The highest BCUT2D eigenvalue weighted by Gasteiger charge is 2.29. The molecular formula is C25H20Cl2N4O. The Kier molecular flexibility index (Phi) is 5.24. The molecule has 0 saturated carbocycles. The van der Waals surface area contributed by atoms with Crippen LogP contribution < -0.4 is 10.9 Å². The highest BCUT2D eigenvalue weighted by Crippen LogP contribution is 2.39. The minimum Gasteiger partial charge on any atom is -0.359 e. The summed E-state index contributed by atoms with van der Waals surface area (Å²) in [7, 11) is 0. The van der Waals surface area contributed by atoms with Crippen LogP contribution in [0.5, 0.6) is 0 Å². The summed E-state index contributed by atoms with van der Waals surface area (Å²) in [6.45, 7) is 4.26. The van der Waals surface area contributed by atoms with Crippen LogP contribution in [-0.2, 0) is 0 Å². The van der Waals surface area contributed by atoms with Crippen LogP contribution in [-0.4, -0.2) is 14.8 Å². The fourth-order valence-electron chi connectivity index (χ4n) is 3.92. The molecule has 1 aliphatic heterocycles. The van der Waals surface area contributed by atoms with Gasteiger partial charge in [0.15, 0.2) is 17.7 Å². The van der Waals surface area contributed by atoms with E-state index in [1.807, 2.05) is 60.7 Å². The largest absolute Gasteiger partial charge is 0.359 e. The number of para-hydroxylation sites is 1. The molecule has 1 aromatic heterocycles. The quantitative estimate of drug-likeness (QED) is 0.383. The molecule has 5 rings (SSSR count). The first-order valence-electron chi connectivity index (χ1n) is 10.3. The Bertz CT molecular complexity index is 1380. The van der Waals surface area contributed by atoms with E-state index in [0.29, 0.717) is 21.8 Å². The lowest BCUT2D eigenvalue weighted by Crippen LogP contribution is -2.32. The number of hydrogen-bond acceptors (Lipinski definition) is 4. The van der Waals surface area contributed by atoms with E-state index >= 15 is 0 Å². The van der Waals surface area contributed by atoms with Gasteiger partial charge in [0.25, 0.3) is 5.56 Å². The average Bonchev–Trinajstić information content (AvgIpc) is 2.80. The smallest absolute Gasteiger partial charge is 0.300 e. The van der Waals surface area contributed by atoms with Crippen molar-refractivity contribution in [2.24, 2.45) is 0 Å². The maximum Gasteiger partial charge on any atom is 0.300 e. The highest BCUT2D eigenvalue weighted by molar-refractivity contribution is 6.42. The molecule has 1 unspecified atom stereocenters. The van der Waals surface area contributed by atoms with Crippen molar-refractivity contribution in [2.45, 2.75) is 25.9 Å². The maximum absolute atomic E-state index is 13.0. The predicted molar refractivity (Wildman–Crippen MR) is 129 cm³/mol. The van der Waals surface area contributed by atoms with Gasteiger partial charge in [-0.15, -0.1) is 0 Å². The Balaban J connectivity index is 1.73. The number of benzene rings is 3. The van der Waals surface area contributed by atoms with Crippen LogP contribution in [0.3, 0.4) is 0 Å². The molecular weight excluding hydrogens is 443 g/mol. The van der Waals surface area contributed by atoms with Crippen molar-refractivity contribution in [1.82, 2.24) is 14.8 Å². The Hall–Kier alpha value is -3.15. The van der Waals surface area contributed by atoms with Gasteiger partial charge in [0, 0.05) is 22.4 Å². The fraction of sp³-hybridized carbons (Fsp3) is 0.160. The van der Waals surface area contributed by atoms with Crippen LogP contribution in [0.4, 0.5) is 5.69 Å². The topological polar surface area (TPSA) is 59.8 Å². The number of anilines is 1. The Morgan fingerprint density at radius 2 is 1.72 bits per heavy atom. The molecule has 3 aromatic carbocycles. The third-order valence-electron chi connectivity index (χ3n) is 5.67. The molecule has 0 bridgehead atoms. The minimum atomic E-state index is -0.479. The Labute approximate surface area is 195 Å². The first-order chi connectivity index (χ1) is 15.4. The molecule has 2 heterocycles. The van der Waals surface area contributed by atoms with Crippen molar-refractivity contribution >= 4 is 28.9 Å². The second-order valence-corrected chi connectivity index (χ2v) is 8.83. The zero-order valence-electron chi connectivity index (χ0n) is 17.5. The van der Waals surface area contributed by atoms with Crippen LogP contribution in [0.25, 0.3) is 22.6 Å². The minimum absolute atomic E-state index is 0.286. The summed E-state index contributed by atoms with van der Waals surface area (Å²) in [4.78, 5) is 17.5. The average molecular weight is 463 g/mol. The van der Waals surface area contributed by atoms with Gasteiger partial charge in [-0.25, -0.2) is 4.68 Å². The van der Waals surface area contributed by atoms with Crippen LogP contribution in [0.15, 0.2) is 71.5 Å². The first-order valence-corrected chi connectivity index (χ1v) is 11.1. The van der Waals surface area contributed by atoms with E-state index in [0.717, 1.165) is 22.4 Å². The van der Waals surface area contributed by atoms with E-state index in [9.17, 15) is 4.79 Å². The van der Waals surface area contributed by atoms with E-state index in [2.05, 4.69) is 24.1 Å². The number of fused-ring (bicyclic) bond motifs is 3. The summed E-state index contributed by atoms with van der Waals surface area (Å²) in [5.74, 6) is 0.878. The van der Waals surface area contributed by atoms with Crippen LogP contribution >= 0.6 is 23.2 Å². The summed E-state index contributed by atoms with van der Waals surface area (Å²) >= 11 is 12.9. The Morgan fingerprint density at radius 1 is 0.969 bits per heavy atom. The van der Waals surface area contributed by atoms with Gasteiger partial charge in [0.05, 0.1) is 10.0 Å². The van der Waals surface area contributed by atoms with Crippen molar-refractivity contribution in [3.8, 4) is 22.6 Å². The monoisotopic (exact) mass is 462 g/mol. The van der Waals surface area contributed by atoms with Crippen molar-refractivity contribution in [1.29, 1.82) is 0 Å². The molecule has 0 spiro atoms. The number of nitrogens with one attached hydrogen (secondary N) is 1. The second kappa shape index (κ2) is 8.08. The number of nitrogens with zero attached hydrogens (tertiary/aromatic N) is 3. The third kappa shape index (κ3) is 3.48. The van der Waals surface area contributed by atoms with E-state index in [1.165, 1.54) is 5.56 Å². The van der Waals surface area contributed by atoms with E-state index in [-0.39, 0.29) is 11.3 Å². The number of rotatable bonds is 3. The molecule has 0 fully saturated rings. The lowest BCUT2D eigenvalue weighted by atomic mass is 10.0. The molecule has 5 nitrogen and oxygen atoms in total. The third-order valence-corrected chi connectivity index (χ3v) is 6.50. The molecule has 0 aliphatic carbocycles. The fourth-order valence-corrected chi connectivity index (χ4v) is 4.33. The second-order valence-electron chi connectivity index (χ2n) is 8.05. The van der Waals surface area contributed by atoms with Crippen molar-refractivity contribution in [3.05, 3.63) is 98.3 Å². The van der Waals surface area contributed by atoms with Gasteiger partial charge in [-0.05, 0) is 29.7 Å². The lowest BCUT2D eigenvalue weighted by Gasteiger charge is -2.31. The molecule has 1 aliphatic rings. The van der Waals surface area contributed by atoms with Gasteiger partial charge in [-0.1, -0.05) is 85.6 Å². The van der Waals surface area contributed by atoms with Crippen molar-refractivity contribution < 1.29 is 0 Å². The van der Waals surface area contributed by atoms with Crippen LogP contribution in [0.2, 0.25) is 10.0 Å². The normalized spacial score (nSPS) is 14.6. The molecule has 160 valence electrons. The van der Waals surface area contributed by atoms with Crippen molar-refractivity contribution in [3.63, 3.8) is 0 Å². The zero-order chi connectivity index (χ0) is 22.4. The lowest BCUT2D eigenvalue weighted by molar-refractivity contribution is 0.550. The molecule has 0 radical (unpaired) electrons. The Morgan fingerprint density at radius 3 is 2.47 bits per heavy atom. The van der Waals surface area contributed by atoms with E-state index < -0.39 is 6.17 Å². The van der Waals surface area contributed by atoms with Gasteiger partial charge in [0.1, 0.15) is 0 Å². The van der Waals surface area contributed by atoms with E-state index in [4.69, 9.17) is 28.3 Å². The summed E-state index contributed by atoms with van der Waals surface area (Å²) in [5, 5.41) is 9.12. The first kappa shape index (κ1) is 20.7. The standard InChI is InChI=1S/C25H20Cl2N4O/c1-14(2)15-10-12-16(13-11-15)22-25(32)29-23-17-6-3-4-9-20(17)28-24(31(23)30-22)18-7-5-8-19(26)21(18)27/h3-14,24,28H,1-2H3. The molecule has 32 heavy (non-hydrogen) atoms. The number of aromatic nitrogens is 3. The van der Waals surface area contributed by atoms with Gasteiger partial charge in [-0.3, -0.25) is 4.79 Å². The molecule has 0 amide bonds. The number of halogens is 2. The van der Waals surface area contributed by atoms with Crippen molar-refractivity contribution in [2.75, 3.05) is 5.32 Å². The van der Waals surface area contributed by atoms with E-state index in [1.54, 1.807) is 10.7 Å². The SMILES string of the molecule is CC(C)c1ccc(-c2nn3c(nc2=O)-c2ccccc2NC3c2cccc(Cl)c2Cl)cc1. The summed E-state index contributed by atoms with van der Waals surface area (Å²) < 4.78 is 1.72. The van der Waals surface area contributed by atoms with Gasteiger partial charge in [-0.2, -0.15) is 10.1 Å². The summed E-state index contributed by atoms with van der Waals surface area (Å²) in [6.07, 6.45) is -0.479. The van der Waals surface area contributed by atoms with Crippen LogP contribution in [0, 0.1) is 0 Å².